The van der Waals surface area contributed by atoms with Crippen LogP contribution in [0.3, 0.4) is 0 Å². The van der Waals surface area contributed by atoms with E-state index in [0.717, 1.165) is 28.8 Å². The van der Waals surface area contributed by atoms with Crippen molar-refractivity contribution in [2.75, 3.05) is 27.7 Å². The standard InChI is InChI=1S/C21H29ClN2O4S/c1-23(13-21-10-14-6-15(11-21)8-16(7-14)12-21)20(25)17-4-5-18(22)19(9-17)29(26,27)24(2)28-3/h4-5,9,14-16H,6-8,10-13H2,1-3H3. The highest BCUT2D eigenvalue weighted by Gasteiger charge is 2.51. The minimum Gasteiger partial charge on any atom is -0.341 e. The van der Waals surface area contributed by atoms with Gasteiger partial charge in [-0.15, -0.1) is 0 Å². The van der Waals surface area contributed by atoms with Crippen molar-refractivity contribution in [3.05, 3.63) is 28.8 Å². The van der Waals surface area contributed by atoms with Crippen LogP contribution in [0, 0.1) is 23.2 Å². The van der Waals surface area contributed by atoms with Crippen LogP contribution in [-0.2, 0) is 14.9 Å². The van der Waals surface area contributed by atoms with Gasteiger partial charge >= 0.3 is 0 Å². The van der Waals surface area contributed by atoms with Crippen molar-refractivity contribution >= 4 is 27.5 Å². The quantitative estimate of drug-likeness (QED) is 0.631. The summed E-state index contributed by atoms with van der Waals surface area (Å²) < 4.78 is 26.0. The van der Waals surface area contributed by atoms with Crippen LogP contribution in [0.5, 0.6) is 0 Å². The van der Waals surface area contributed by atoms with Gasteiger partial charge < -0.3 is 4.90 Å². The normalized spacial score (nSPS) is 30.7. The first kappa shape index (κ1) is 21.1. The van der Waals surface area contributed by atoms with E-state index in [-0.39, 0.29) is 21.2 Å². The summed E-state index contributed by atoms with van der Waals surface area (Å²) in [4.78, 5) is 19.6. The first-order valence-electron chi connectivity index (χ1n) is 10.2. The molecule has 0 radical (unpaired) electrons. The Kier molecular flexibility index (Phi) is 5.47. The lowest BCUT2D eigenvalue weighted by molar-refractivity contribution is -0.0629. The zero-order valence-electron chi connectivity index (χ0n) is 17.2. The highest BCUT2D eigenvalue weighted by Crippen LogP contribution is 2.60. The molecular formula is C21H29ClN2O4S. The maximum atomic E-state index is 13.1. The average Bonchev–Trinajstić information content (AvgIpc) is 2.65. The predicted molar refractivity (Wildman–Crippen MR) is 111 cm³/mol. The van der Waals surface area contributed by atoms with Crippen molar-refractivity contribution < 1.29 is 18.0 Å². The van der Waals surface area contributed by atoms with Gasteiger partial charge in [0.15, 0.2) is 0 Å². The molecule has 4 saturated carbocycles. The zero-order valence-corrected chi connectivity index (χ0v) is 18.8. The maximum Gasteiger partial charge on any atom is 0.266 e. The molecule has 0 heterocycles. The molecule has 0 atom stereocenters. The number of hydrogen-bond donors (Lipinski definition) is 0. The van der Waals surface area contributed by atoms with Crippen molar-refractivity contribution in [3.63, 3.8) is 0 Å². The second kappa shape index (κ2) is 7.52. The Morgan fingerprint density at radius 2 is 1.69 bits per heavy atom. The molecule has 160 valence electrons. The van der Waals surface area contributed by atoms with Gasteiger partial charge in [-0.3, -0.25) is 9.63 Å². The number of hydroxylamine groups is 1. The van der Waals surface area contributed by atoms with Crippen molar-refractivity contribution in [1.29, 1.82) is 0 Å². The van der Waals surface area contributed by atoms with Gasteiger partial charge in [-0.1, -0.05) is 16.1 Å². The summed E-state index contributed by atoms with van der Waals surface area (Å²) in [5, 5.41) is 0.0641. The summed E-state index contributed by atoms with van der Waals surface area (Å²) in [5.41, 5.74) is 0.557. The molecule has 4 fully saturated rings. The van der Waals surface area contributed by atoms with Crippen LogP contribution in [-0.4, -0.2) is 51.4 Å². The molecule has 4 aliphatic rings. The molecule has 4 bridgehead atoms. The Balaban J connectivity index is 1.55. The van der Waals surface area contributed by atoms with Crippen molar-refractivity contribution in [2.24, 2.45) is 23.2 Å². The monoisotopic (exact) mass is 440 g/mol. The highest BCUT2D eigenvalue weighted by atomic mass is 35.5. The molecule has 0 saturated heterocycles. The summed E-state index contributed by atoms with van der Waals surface area (Å²) in [6, 6.07) is 4.40. The van der Waals surface area contributed by atoms with Gasteiger partial charge in [0.2, 0.25) is 0 Å². The highest BCUT2D eigenvalue weighted by molar-refractivity contribution is 7.89. The zero-order chi connectivity index (χ0) is 21.0. The third-order valence-corrected chi connectivity index (χ3v) is 9.30. The van der Waals surface area contributed by atoms with Crippen LogP contribution in [0.15, 0.2) is 23.1 Å². The molecule has 1 aromatic rings. The molecule has 0 aromatic heterocycles. The van der Waals surface area contributed by atoms with Crippen LogP contribution in [0.25, 0.3) is 0 Å². The Morgan fingerprint density at radius 3 is 2.21 bits per heavy atom. The van der Waals surface area contributed by atoms with E-state index in [1.54, 1.807) is 11.0 Å². The van der Waals surface area contributed by atoms with E-state index >= 15 is 0 Å². The molecule has 4 aliphatic carbocycles. The molecule has 0 N–H and O–H groups in total. The summed E-state index contributed by atoms with van der Waals surface area (Å²) >= 11 is 6.12. The van der Waals surface area contributed by atoms with Gasteiger partial charge in [0, 0.05) is 26.2 Å². The molecule has 0 unspecified atom stereocenters. The van der Waals surface area contributed by atoms with Crippen LogP contribution in [0.2, 0.25) is 5.02 Å². The molecule has 5 rings (SSSR count). The van der Waals surface area contributed by atoms with Crippen LogP contribution >= 0.6 is 11.6 Å². The van der Waals surface area contributed by atoms with Gasteiger partial charge in [0.1, 0.15) is 4.90 Å². The van der Waals surface area contributed by atoms with E-state index in [2.05, 4.69) is 0 Å². The van der Waals surface area contributed by atoms with Crippen LogP contribution in [0.1, 0.15) is 48.9 Å². The van der Waals surface area contributed by atoms with E-state index in [1.807, 2.05) is 7.05 Å². The van der Waals surface area contributed by atoms with Gasteiger partial charge in [-0.2, -0.15) is 0 Å². The van der Waals surface area contributed by atoms with E-state index in [4.69, 9.17) is 16.4 Å². The molecule has 6 nitrogen and oxygen atoms in total. The SMILES string of the molecule is CON(C)S(=O)(=O)c1cc(C(=O)N(C)CC23CC4CC(CC(C4)C2)C3)ccc1Cl. The van der Waals surface area contributed by atoms with E-state index in [1.165, 1.54) is 64.8 Å². The molecular weight excluding hydrogens is 412 g/mol. The third kappa shape index (κ3) is 3.82. The Hall–Kier alpha value is -1.15. The Bertz CT molecular complexity index is 882. The van der Waals surface area contributed by atoms with Gasteiger partial charge in [0.05, 0.1) is 12.1 Å². The molecule has 1 amide bonds. The second-order valence-electron chi connectivity index (χ2n) is 9.32. The van der Waals surface area contributed by atoms with E-state index in [9.17, 15) is 13.2 Å². The summed E-state index contributed by atoms with van der Waals surface area (Å²) in [5.74, 6) is 2.29. The average molecular weight is 441 g/mol. The lowest BCUT2D eigenvalue weighted by Gasteiger charge is -2.57. The Morgan fingerprint density at radius 1 is 1.14 bits per heavy atom. The molecule has 29 heavy (non-hydrogen) atoms. The number of benzene rings is 1. The summed E-state index contributed by atoms with van der Waals surface area (Å²) in [7, 11) is 0.442. The first-order chi connectivity index (χ1) is 13.6. The fourth-order valence-electron chi connectivity index (χ4n) is 6.35. The summed E-state index contributed by atoms with van der Waals surface area (Å²) in [6.45, 7) is 0.734. The fourth-order valence-corrected chi connectivity index (χ4v) is 7.82. The number of carbonyl (C=O) groups excluding carboxylic acids is 1. The predicted octanol–water partition coefficient (Wildman–Crippen LogP) is 3.81. The third-order valence-electron chi connectivity index (χ3n) is 7.14. The number of amides is 1. The fraction of sp³-hybridized carbons (Fsp3) is 0.667. The van der Waals surface area contributed by atoms with E-state index in [0.29, 0.717) is 5.56 Å². The minimum absolute atomic E-state index is 0.0641. The maximum absolute atomic E-state index is 13.1. The summed E-state index contributed by atoms with van der Waals surface area (Å²) in [6.07, 6.45) is 7.74. The molecule has 1 aromatic carbocycles. The number of sulfonamides is 1. The lowest BCUT2D eigenvalue weighted by Crippen LogP contribution is -2.51. The first-order valence-corrected chi connectivity index (χ1v) is 12.0. The minimum atomic E-state index is -3.94. The molecule has 8 heteroatoms. The second-order valence-corrected chi connectivity index (χ2v) is 11.6. The number of halogens is 1. The number of nitrogens with zero attached hydrogens (tertiary/aromatic N) is 2. The van der Waals surface area contributed by atoms with Crippen molar-refractivity contribution in [1.82, 2.24) is 9.37 Å². The van der Waals surface area contributed by atoms with E-state index < -0.39 is 10.0 Å². The number of hydrogen-bond acceptors (Lipinski definition) is 4. The largest absolute Gasteiger partial charge is 0.341 e. The van der Waals surface area contributed by atoms with Gasteiger partial charge in [0.25, 0.3) is 15.9 Å². The molecule has 0 aliphatic heterocycles. The topological polar surface area (TPSA) is 66.9 Å². The van der Waals surface area contributed by atoms with Crippen molar-refractivity contribution in [2.45, 2.75) is 43.4 Å². The lowest BCUT2D eigenvalue weighted by atomic mass is 9.49. The van der Waals surface area contributed by atoms with Crippen LogP contribution < -0.4 is 0 Å². The smallest absolute Gasteiger partial charge is 0.266 e. The van der Waals surface area contributed by atoms with Crippen LogP contribution in [0.4, 0.5) is 0 Å². The molecule has 0 spiro atoms. The van der Waals surface area contributed by atoms with Gasteiger partial charge in [-0.25, -0.2) is 8.42 Å². The van der Waals surface area contributed by atoms with Gasteiger partial charge in [-0.05, 0) is 79.9 Å². The number of rotatable bonds is 6. The Labute approximate surface area is 178 Å². The van der Waals surface area contributed by atoms with Crippen molar-refractivity contribution in [3.8, 4) is 0 Å². The number of carbonyl (C=O) groups is 1.